The minimum Gasteiger partial charge on any atom is -0.496 e. The van der Waals surface area contributed by atoms with E-state index >= 15 is 0 Å². The number of hydrogen-bond acceptors (Lipinski definition) is 4. The van der Waals surface area contributed by atoms with Gasteiger partial charge in [-0.3, -0.25) is 0 Å². The number of anilines is 1. The first-order valence-electron chi connectivity index (χ1n) is 6.77. The molecule has 0 aliphatic carbocycles. The zero-order valence-corrected chi connectivity index (χ0v) is 15.1. The lowest BCUT2D eigenvalue weighted by Crippen LogP contribution is -2.18. The minimum atomic E-state index is -0.0537. The topological polar surface area (TPSA) is 47.0 Å². The lowest BCUT2D eigenvalue weighted by atomic mass is 9.91. The molecule has 0 unspecified atom stereocenters. The summed E-state index contributed by atoms with van der Waals surface area (Å²) >= 11 is 2.30. The van der Waals surface area contributed by atoms with Crippen LogP contribution < -0.4 is 10.1 Å². The van der Waals surface area contributed by atoms with E-state index in [-0.39, 0.29) is 5.41 Å². The molecule has 1 aromatic heterocycles. The van der Waals surface area contributed by atoms with Crippen LogP contribution in [0.3, 0.4) is 0 Å². The number of aromatic nitrogens is 2. The van der Waals surface area contributed by atoms with Gasteiger partial charge >= 0.3 is 0 Å². The van der Waals surface area contributed by atoms with Crippen LogP contribution in [0, 0.1) is 3.57 Å². The fraction of sp³-hybridized carbons (Fsp3) is 0.375. The van der Waals surface area contributed by atoms with Crippen LogP contribution in [0.5, 0.6) is 5.75 Å². The van der Waals surface area contributed by atoms with E-state index in [1.807, 2.05) is 31.3 Å². The molecular formula is C16H20IN3O. The molecule has 0 fully saturated rings. The van der Waals surface area contributed by atoms with Gasteiger partial charge in [-0.1, -0.05) is 32.9 Å². The molecule has 2 rings (SSSR count). The first kappa shape index (κ1) is 16.0. The highest BCUT2D eigenvalue weighted by atomic mass is 127. The molecule has 0 spiro atoms. The number of nitrogens with zero attached hydrogens (tertiary/aromatic N) is 2. The molecule has 2 aromatic rings. The van der Waals surface area contributed by atoms with E-state index < -0.39 is 0 Å². The molecule has 0 saturated heterocycles. The van der Waals surface area contributed by atoms with Crippen molar-refractivity contribution in [1.29, 1.82) is 0 Å². The quantitative estimate of drug-likeness (QED) is 0.793. The summed E-state index contributed by atoms with van der Waals surface area (Å²) in [6.07, 6.45) is 0. The van der Waals surface area contributed by atoms with Gasteiger partial charge in [-0.05, 0) is 34.7 Å². The highest BCUT2D eigenvalue weighted by Gasteiger charge is 2.24. The Morgan fingerprint density at radius 2 is 1.81 bits per heavy atom. The summed E-state index contributed by atoms with van der Waals surface area (Å²) < 4.78 is 6.48. The Morgan fingerprint density at radius 3 is 2.38 bits per heavy atom. The molecule has 0 saturated carbocycles. The van der Waals surface area contributed by atoms with Gasteiger partial charge in [-0.15, -0.1) is 0 Å². The van der Waals surface area contributed by atoms with Crippen LogP contribution in [0.2, 0.25) is 0 Å². The number of rotatable bonds is 3. The molecule has 0 aliphatic heterocycles. The van der Waals surface area contributed by atoms with Crippen LogP contribution in [-0.2, 0) is 5.41 Å². The first-order chi connectivity index (χ1) is 9.88. The Hall–Kier alpha value is -1.37. The third-order valence-corrected chi connectivity index (χ3v) is 4.17. The van der Waals surface area contributed by atoms with E-state index in [0.717, 1.165) is 26.4 Å². The van der Waals surface area contributed by atoms with Crippen LogP contribution in [-0.4, -0.2) is 24.1 Å². The van der Waals surface area contributed by atoms with Gasteiger partial charge in [0.2, 0.25) is 0 Å². The Bertz CT molecular complexity index is 650. The van der Waals surface area contributed by atoms with E-state index in [0.29, 0.717) is 5.82 Å². The molecule has 1 N–H and O–H groups in total. The predicted octanol–water partition coefficient (Wildman–Crippen LogP) is 4.10. The second-order valence-corrected chi connectivity index (χ2v) is 6.84. The molecule has 1 heterocycles. The fourth-order valence-electron chi connectivity index (χ4n) is 2.06. The molecule has 0 aliphatic rings. The number of hydrogen-bond donors (Lipinski definition) is 1. The number of para-hydroxylation sites is 1. The molecule has 0 bridgehead atoms. The molecular weight excluding hydrogens is 377 g/mol. The van der Waals surface area contributed by atoms with Crippen molar-refractivity contribution < 1.29 is 4.74 Å². The average Bonchev–Trinajstić information content (AvgIpc) is 2.46. The third kappa shape index (κ3) is 3.28. The number of ether oxygens (including phenoxy) is 1. The van der Waals surface area contributed by atoms with Gasteiger partial charge in [-0.25, -0.2) is 9.97 Å². The second-order valence-electron chi connectivity index (χ2n) is 5.76. The van der Waals surface area contributed by atoms with Gasteiger partial charge in [-0.2, -0.15) is 0 Å². The largest absolute Gasteiger partial charge is 0.496 e. The Morgan fingerprint density at radius 1 is 1.14 bits per heavy atom. The van der Waals surface area contributed by atoms with Gasteiger partial charge < -0.3 is 10.1 Å². The highest BCUT2D eigenvalue weighted by molar-refractivity contribution is 14.1. The third-order valence-electron chi connectivity index (χ3n) is 3.15. The van der Waals surface area contributed by atoms with Crippen molar-refractivity contribution in [3.05, 3.63) is 33.5 Å². The van der Waals surface area contributed by atoms with E-state index in [9.17, 15) is 0 Å². The molecule has 4 nitrogen and oxygen atoms in total. The van der Waals surface area contributed by atoms with Crippen molar-refractivity contribution in [2.75, 3.05) is 19.5 Å². The fourth-order valence-corrected chi connectivity index (χ4v) is 3.38. The van der Waals surface area contributed by atoms with Gasteiger partial charge in [0.25, 0.3) is 0 Å². The molecule has 0 atom stereocenters. The Labute approximate surface area is 139 Å². The van der Waals surface area contributed by atoms with Crippen LogP contribution in [0.4, 0.5) is 5.82 Å². The smallest absolute Gasteiger partial charge is 0.165 e. The Balaban J connectivity index is 2.70. The summed E-state index contributed by atoms with van der Waals surface area (Å²) in [6, 6.07) is 7.81. The maximum Gasteiger partial charge on any atom is 0.165 e. The summed E-state index contributed by atoms with van der Waals surface area (Å²) in [4.78, 5) is 9.43. The summed E-state index contributed by atoms with van der Waals surface area (Å²) in [7, 11) is 3.54. The first-order valence-corrected chi connectivity index (χ1v) is 7.85. The SMILES string of the molecule is CNc1nc(-c2ccccc2OC)nc(C(C)(C)C)c1I. The van der Waals surface area contributed by atoms with E-state index in [1.54, 1.807) is 7.11 Å². The second kappa shape index (κ2) is 6.17. The molecule has 0 radical (unpaired) electrons. The van der Waals surface area contributed by atoms with E-state index in [1.165, 1.54) is 0 Å². The number of methoxy groups -OCH3 is 1. The molecule has 5 heteroatoms. The molecule has 21 heavy (non-hydrogen) atoms. The van der Waals surface area contributed by atoms with Crippen LogP contribution >= 0.6 is 22.6 Å². The maximum absolute atomic E-state index is 5.43. The zero-order valence-electron chi connectivity index (χ0n) is 13.0. The van der Waals surface area contributed by atoms with E-state index in [2.05, 4.69) is 53.7 Å². The normalized spacial score (nSPS) is 11.3. The summed E-state index contributed by atoms with van der Waals surface area (Å²) in [5, 5.41) is 3.16. The van der Waals surface area contributed by atoms with Crippen LogP contribution in [0.25, 0.3) is 11.4 Å². The monoisotopic (exact) mass is 397 g/mol. The summed E-state index contributed by atoms with van der Waals surface area (Å²) in [5.41, 5.74) is 1.88. The number of benzene rings is 1. The number of halogens is 1. The van der Waals surface area contributed by atoms with Gasteiger partial charge in [0.05, 0.1) is 21.9 Å². The van der Waals surface area contributed by atoms with Crippen molar-refractivity contribution in [3.63, 3.8) is 0 Å². The van der Waals surface area contributed by atoms with Gasteiger partial charge in [0, 0.05) is 12.5 Å². The zero-order chi connectivity index (χ0) is 15.6. The lowest BCUT2D eigenvalue weighted by Gasteiger charge is -2.22. The summed E-state index contributed by atoms with van der Waals surface area (Å²) in [6.45, 7) is 6.47. The van der Waals surface area contributed by atoms with Crippen molar-refractivity contribution in [3.8, 4) is 17.1 Å². The maximum atomic E-state index is 5.43. The number of nitrogens with one attached hydrogen (secondary N) is 1. The standard InChI is InChI=1S/C16H20IN3O/c1-16(2,3)13-12(17)15(18-4)20-14(19-13)10-8-6-7-9-11(10)21-5/h6-9H,1-5H3,(H,18,19,20). The predicted molar refractivity (Wildman–Crippen MR) is 95.0 cm³/mol. The van der Waals surface area contributed by atoms with Gasteiger partial charge in [0.15, 0.2) is 5.82 Å². The highest BCUT2D eigenvalue weighted by Crippen LogP contribution is 2.34. The van der Waals surface area contributed by atoms with Gasteiger partial charge in [0.1, 0.15) is 11.6 Å². The van der Waals surface area contributed by atoms with Crippen molar-refractivity contribution in [2.45, 2.75) is 26.2 Å². The Kier molecular flexibility index (Phi) is 4.70. The van der Waals surface area contributed by atoms with E-state index in [4.69, 9.17) is 9.72 Å². The van der Waals surface area contributed by atoms with Crippen molar-refractivity contribution in [2.24, 2.45) is 0 Å². The molecule has 0 amide bonds. The molecule has 1 aromatic carbocycles. The summed E-state index contributed by atoms with van der Waals surface area (Å²) in [5.74, 6) is 2.30. The van der Waals surface area contributed by atoms with Crippen LogP contribution in [0.15, 0.2) is 24.3 Å². The van der Waals surface area contributed by atoms with Crippen molar-refractivity contribution >= 4 is 28.4 Å². The van der Waals surface area contributed by atoms with Crippen molar-refractivity contribution in [1.82, 2.24) is 9.97 Å². The average molecular weight is 397 g/mol. The lowest BCUT2D eigenvalue weighted by molar-refractivity contribution is 0.416. The minimum absolute atomic E-state index is 0.0537. The molecule has 112 valence electrons. The van der Waals surface area contributed by atoms with Crippen LogP contribution in [0.1, 0.15) is 26.5 Å².